The molecular weight excluding hydrogens is 224 g/mol. The summed E-state index contributed by atoms with van der Waals surface area (Å²) in [4.78, 5) is 2.39. The zero-order valence-corrected chi connectivity index (χ0v) is 12.4. The Balaban J connectivity index is 1.89. The highest BCUT2D eigenvalue weighted by Crippen LogP contribution is 2.28. The van der Waals surface area contributed by atoms with Crippen molar-refractivity contribution in [1.29, 1.82) is 0 Å². The van der Waals surface area contributed by atoms with Crippen molar-refractivity contribution < 1.29 is 4.74 Å². The van der Waals surface area contributed by atoms with Gasteiger partial charge in [-0.05, 0) is 64.1 Å². The molecule has 0 bridgehead atoms. The van der Waals surface area contributed by atoms with Gasteiger partial charge in [-0.15, -0.1) is 0 Å². The smallest absolute Gasteiger partial charge is 0.0593 e. The lowest BCUT2D eigenvalue weighted by Gasteiger charge is -2.19. The standard InChI is InChI=1S/C15H32N2O/c1-3-14(8-9-16)5-4-10-17(2)11-12-18-13-15-6-7-15/h14-15H,3-13,16H2,1-2H3. The molecule has 0 aromatic rings. The van der Waals surface area contributed by atoms with E-state index < -0.39 is 0 Å². The highest BCUT2D eigenvalue weighted by atomic mass is 16.5. The Morgan fingerprint density at radius 2 is 2.06 bits per heavy atom. The topological polar surface area (TPSA) is 38.5 Å². The van der Waals surface area contributed by atoms with Gasteiger partial charge in [0.15, 0.2) is 0 Å². The van der Waals surface area contributed by atoms with Crippen LogP contribution in [0.4, 0.5) is 0 Å². The summed E-state index contributed by atoms with van der Waals surface area (Å²) in [7, 11) is 2.20. The Labute approximate surface area is 113 Å². The van der Waals surface area contributed by atoms with Crippen molar-refractivity contribution in [2.75, 3.05) is 39.9 Å². The summed E-state index contributed by atoms with van der Waals surface area (Å²) in [5.41, 5.74) is 5.62. The van der Waals surface area contributed by atoms with Gasteiger partial charge in [0.25, 0.3) is 0 Å². The molecule has 0 aromatic carbocycles. The van der Waals surface area contributed by atoms with Gasteiger partial charge in [0.05, 0.1) is 6.61 Å². The molecule has 0 aromatic heterocycles. The average molecular weight is 256 g/mol. The van der Waals surface area contributed by atoms with E-state index in [4.69, 9.17) is 10.5 Å². The van der Waals surface area contributed by atoms with Crippen LogP contribution in [0.25, 0.3) is 0 Å². The van der Waals surface area contributed by atoms with Gasteiger partial charge in [-0.1, -0.05) is 13.3 Å². The summed E-state index contributed by atoms with van der Waals surface area (Å²) >= 11 is 0. The number of hydrogen-bond donors (Lipinski definition) is 1. The van der Waals surface area contributed by atoms with Crippen molar-refractivity contribution >= 4 is 0 Å². The molecule has 3 heteroatoms. The second kappa shape index (κ2) is 9.76. The average Bonchev–Trinajstić information content (AvgIpc) is 3.17. The molecule has 0 radical (unpaired) electrons. The third-order valence-electron chi connectivity index (χ3n) is 3.97. The Kier molecular flexibility index (Phi) is 8.64. The Morgan fingerprint density at radius 3 is 2.67 bits per heavy atom. The molecule has 1 aliphatic rings. The van der Waals surface area contributed by atoms with E-state index in [-0.39, 0.29) is 0 Å². The minimum atomic E-state index is 0.828. The second-order valence-corrected chi connectivity index (χ2v) is 5.82. The first-order valence-electron chi connectivity index (χ1n) is 7.72. The monoisotopic (exact) mass is 256 g/mol. The van der Waals surface area contributed by atoms with Gasteiger partial charge in [0.1, 0.15) is 0 Å². The van der Waals surface area contributed by atoms with Crippen LogP contribution < -0.4 is 5.73 Å². The molecule has 0 aliphatic heterocycles. The lowest BCUT2D eigenvalue weighted by Crippen LogP contribution is -2.25. The van der Waals surface area contributed by atoms with Gasteiger partial charge >= 0.3 is 0 Å². The number of nitrogens with two attached hydrogens (primary N) is 1. The molecule has 1 saturated carbocycles. The first-order valence-corrected chi connectivity index (χ1v) is 7.72. The van der Waals surface area contributed by atoms with Gasteiger partial charge in [0.2, 0.25) is 0 Å². The van der Waals surface area contributed by atoms with E-state index in [1.54, 1.807) is 0 Å². The van der Waals surface area contributed by atoms with Crippen LogP contribution in [0.15, 0.2) is 0 Å². The molecule has 3 nitrogen and oxygen atoms in total. The third-order valence-corrected chi connectivity index (χ3v) is 3.97. The number of hydrogen-bond acceptors (Lipinski definition) is 3. The summed E-state index contributed by atoms with van der Waals surface area (Å²) < 4.78 is 5.66. The summed E-state index contributed by atoms with van der Waals surface area (Å²) in [6.07, 6.45) is 7.83. The van der Waals surface area contributed by atoms with Crippen LogP contribution in [0.2, 0.25) is 0 Å². The fourth-order valence-corrected chi connectivity index (χ4v) is 2.30. The van der Waals surface area contributed by atoms with E-state index in [0.29, 0.717) is 0 Å². The van der Waals surface area contributed by atoms with Crippen LogP contribution in [-0.4, -0.2) is 44.8 Å². The molecule has 0 saturated heterocycles. The lowest BCUT2D eigenvalue weighted by molar-refractivity contribution is 0.103. The molecule has 1 atom stereocenters. The maximum Gasteiger partial charge on any atom is 0.0593 e. The van der Waals surface area contributed by atoms with Crippen molar-refractivity contribution in [3.63, 3.8) is 0 Å². The predicted octanol–water partition coefficient (Wildman–Crippen LogP) is 2.50. The highest BCUT2D eigenvalue weighted by molar-refractivity contribution is 4.72. The fourth-order valence-electron chi connectivity index (χ4n) is 2.30. The zero-order valence-electron chi connectivity index (χ0n) is 12.4. The number of ether oxygens (including phenoxy) is 1. The van der Waals surface area contributed by atoms with Crippen molar-refractivity contribution in [1.82, 2.24) is 4.90 Å². The quantitative estimate of drug-likeness (QED) is 0.545. The van der Waals surface area contributed by atoms with Crippen molar-refractivity contribution in [2.45, 2.75) is 45.4 Å². The molecule has 0 heterocycles. The Bertz CT molecular complexity index is 195. The molecule has 1 fully saturated rings. The van der Waals surface area contributed by atoms with Crippen LogP contribution in [-0.2, 0) is 4.74 Å². The van der Waals surface area contributed by atoms with E-state index in [0.717, 1.165) is 38.1 Å². The minimum absolute atomic E-state index is 0.828. The molecular formula is C15H32N2O. The minimum Gasteiger partial charge on any atom is -0.380 e. The van der Waals surface area contributed by atoms with Crippen LogP contribution in [0.5, 0.6) is 0 Å². The lowest BCUT2D eigenvalue weighted by atomic mass is 9.97. The number of nitrogens with zero attached hydrogens (tertiary/aromatic N) is 1. The van der Waals surface area contributed by atoms with Crippen LogP contribution in [0, 0.1) is 11.8 Å². The van der Waals surface area contributed by atoms with Gasteiger partial charge < -0.3 is 15.4 Å². The van der Waals surface area contributed by atoms with Crippen LogP contribution in [0.1, 0.15) is 45.4 Å². The van der Waals surface area contributed by atoms with E-state index >= 15 is 0 Å². The molecule has 0 amide bonds. The molecule has 2 N–H and O–H groups in total. The molecule has 1 rings (SSSR count). The van der Waals surface area contributed by atoms with Crippen molar-refractivity contribution in [3.8, 4) is 0 Å². The van der Waals surface area contributed by atoms with E-state index in [1.165, 1.54) is 45.1 Å². The first kappa shape index (κ1) is 15.9. The first-order chi connectivity index (χ1) is 8.76. The fraction of sp³-hybridized carbons (Fsp3) is 1.00. The second-order valence-electron chi connectivity index (χ2n) is 5.82. The molecule has 18 heavy (non-hydrogen) atoms. The van der Waals surface area contributed by atoms with Crippen LogP contribution >= 0.6 is 0 Å². The summed E-state index contributed by atoms with van der Waals surface area (Å²) in [6.45, 7) is 7.25. The van der Waals surface area contributed by atoms with Gasteiger partial charge in [-0.3, -0.25) is 0 Å². The van der Waals surface area contributed by atoms with E-state index in [9.17, 15) is 0 Å². The predicted molar refractivity (Wildman–Crippen MR) is 77.7 cm³/mol. The summed E-state index contributed by atoms with van der Waals surface area (Å²) in [6, 6.07) is 0. The van der Waals surface area contributed by atoms with Crippen LogP contribution in [0.3, 0.4) is 0 Å². The number of rotatable bonds is 12. The maximum atomic E-state index is 5.66. The molecule has 1 aliphatic carbocycles. The number of likely N-dealkylation sites (N-methyl/N-ethyl adjacent to an activating group) is 1. The zero-order chi connectivity index (χ0) is 13.2. The SMILES string of the molecule is CCC(CCN)CCCN(C)CCOCC1CC1. The molecule has 1 unspecified atom stereocenters. The Hall–Kier alpha value is -0.120. The van der Waals surface area contributed by atoms with Crippen molar-refractivity contribution in [3.05, 3.63) is 0 Å². The normalized spacial score (nSPS) is 17.3. The largest absolute Gasteiger partial charge is 0.380 e. The maximum absolute atomic E-state index is 5.66. The molecule has 108 valence electrons. The van der Waals surface area contributed by atoms with E-state index in [1.807, 2.05) is 0 Å². The van der Waals surface area contributed by atoms with Crippen molar-refractivity contribution in [2.24, 2.45) is 17.6 Å². The Morgan fingerprint density at radius 1 is 1.28 bits per heavy atom. The highest BCUT2D eigenvalue weighted by Gasteiger charge is 2.20. The van der Waals surface area contributed by atoms with E-state index in [2.05, 4.69) is 18.9 Å². The summed E-state index contributed by atoms with van der Waals surface area (Å²) in [5.74, 6) is 1.71. The van der Waals surface area contributed by atoms with Gasteiger partial charge in [-0.2, -0.15) is 0 Å². The van der Waals surface area contributed by atoms with Gasteiger partial charge in [-0.25, -0.2) is 0 Å². The molecule has 0 spiro atoms. The van der Waals surface area contributed by atoms with Gasteiger partial charge in [0, 0.05) is 13.2 Å². The summed E-state index contributed by atoms with van der Waals surface area (Å²) in [5, 5.41) is 0. The third kappa shape index (κ3) is 8.06.